The first-order valence-electron chi connectivity index (χ1n) is 3.54. The minimum atomic E-state index is 1.08. The van der Waals surface area contributed by atoms with Gasteiger partial charge < -0.3 is 0 Å². The SMILES string of the molecule is IC1=CC=C2C=C=CC=C2C1. The van der Waals surface area contributed by atoms with Crippen molar-refractivity contribution >= 4 is 22.6 Å². The van der Waals surface area contributed by atoms with Crippen molar-refractivity contribution in [2.45, 2.75) is 6.42 Å². The zero-order valence-corrected chi connectivity index (χ0v) is 8.13. The third-order valence-corrected chi connectivity index (χ3v) is 2.53. The molecule has 0 saturated heterocycles. The van der Waals surface area contributed by atoms with Crippen molar-refractivity contribution in [3.63, 3.8) is 0 Å². The van der Waals surface area contributed by atoms with E-state index >= 15 is 0 Å². The van der Waals surface area contributed by atoms with Crippen molar-refractivity contribution in [3.05, 3.63) is 50.8 Å². The largest absolute Gasteiger partial charge is 0.120 e. The topological polar surface area (TPSA) is 0 Å². The number of hydrogen-bond acceptors (Lipinski definition) is 0. The predicted octanol–water partition coefficient (Wildman–Crippen LogP) is 3.29. The Bertz CT molecular complexity index is 334. The lowest BCUT2D eigenvalue weighted by Crippen LogP contribution is -1.93. The standard InChI is InChI=1S/C10H7I/c11-10-6-5-8-3-1-2-4-9(8)7-10/h2-6H,7H2. The van der Waals surface area contributed by atoms with E-state index in [1.54, 1.807) is 0 Å². The van der Waals surface area contributed by atoms with Crippen LogP contribution in [0.3, 0.4) is 0 Å². The van der Waals surface area contributed by atoms with E-state index in [0.717, 1.165) is 6.42 Å². The van der Waals surface area contributed by atoms with E-state index in [2.05, 4.69) is 46.6 Å². The van der Waals surface area contributed by atoms with Crippen molar-refractivity contribution in [2.75, 3.05) is 0 Å². The third-order valence-electron chi connectivity index (χ3n) is 1.79. The van der Waals surface area contributed by atoms with Crippen LogP contribution in [0.15, 0.2) is 50.8 Å². The molecule has 0 unspecified atom stereocenters. The molecule has 1 heteroatoms. The van der Waals surface area contributed by atoms with Crippen LogP contribution in [-0.2, 0) is 0 Å². The maximum atomic E-state index is 3.07. The van der Waals surface area contributed by atoms with E-state index in [1.807, 2.05) is 12.2 Å². The van der Waals surface area contributed by atoms with Crippen LogP contribution in [0.1, 0.15) is 6.42 Å². The lowest BCUT2D eigenvalue weighted by molar-refractivity contribution is 1.20. The molecule has 0 aliphatic heterocycles. The molecule has 0 saturated carbocycles. The Morgan fingerprint density at radius 1 is 1.27 bits per heavy atom. The molecule has 2 aliphatic rings. The first-order valence-corrected chi connectivity index (χ1v) is 4.62. The van der Waals surface area contributed by atoms with Gasteiger partial charge in [0.05, 0.1) is 0 Å². The molecule has 0 heterocycles. The molecule has 2 aliphatic carbocycles. The number of fused-ring (bicyclic) bond motifs is 1. The van der Waals surface area contributed by atoms with Crippen LogP contribution in [0.25, 0.3) is 0 Å². The van der Waals surface area contributed by atoms with E-state index in [4.69, 9.17) is 0 Å². The number of hydrogen-bond donors (Lipinski definition) is 0. The Kier molecular flexibility index (Phi) is 1.84. The van der Waals surface area contributed by atoms with Crippen LogP contribution in [-0.4, -0.2) is 0 Å². The average Bonchev–Trinajstić information content (AvgIpc) is 2.04. The molecule has 0 amide bonds. The van der Waals surface area contributed by atoms with Gasteiger partial charge in [-0.2, -0.15) is 0 Å². The fourth-order valence-corrected chi connectivity index (χ4v) is 1.80. The highest BCUT2D eigenvalue weighted by Gasteiger charge is 2.08. The minimum absolute atomic E-state index is 1.08. The Morgan fingerprint density at radius 2 is 2.18 bits per heavy atom. The summed E-state index contributed by atoms with van der Waals surface area (Å²) in [6, 6.07) is 0. The summed E-state index contributed by atoms with van der Waals surface area (Å²) in [6.45, 7) is 0. The van der Waals surface area contributed by atoms with Crippen molar-refractivity contribution in [3.8, 4) is 0 Å². The summed E-state index contributed by atoms with van der Waals surface area (Å²) in [7, 11) is 0. The van der Waals surface area contributed by atoms with Crippen molar-refractivity contribution in [1.82, 2.24) is 0 Å². The molecule has 0 radical (unpaired) electrons. The highest BCUT2D eigenvalue weighted by molar-refractivity contribution is 14.1. The van der Waals surface area contributed by atoms with Crippen molar-refractivity contribution < 1.29 is 0 Å². The quantitative estimate of drug-likeness (QED) is 0.459. The summed E-state index contributed by atoms with van der Waals surface area (Å²) in [4.78, 5) is 0. The van der Waals surface area contributed by atoms with Gasteiger partial charge in [-0.15, -0.1) is 5.73 Å². The molecule has 2 rings (SSSR count). The van der Waals surface area contributed by atoms with Crippen LogP contribution in [0, 0.1) is 0 Å². The highest BCUT2D eigenvalue weighted by atomic mass is 127. The van der Waals surface area contributed by atoms with Gasteiger partial charge >= 0.3 is 0 Å². The zero-order chi connectivity index (χ0) is 7.68. The lowest BCUT2D eigenvalue weighted by Gasteiger charge is -2.12. The first-order chi connectivity index (χ1) is 5.36. The van der Waals surface area contributed by atoms with Gasteiger partial charge in [-0.3, -0.25) is 0 Å². The van der Waals surface area contributed by atoms with Crippen LogP contribution in [0.5, 0.6) is 0 Å². The van der Waals surface area contributed by atoms with Gasteiger partial charge in [-0.1, -0.05) is 18.2 Å². The lowest BCUT2D eigenvalue weighted by atomic mass is 9.96. The first kappa shape index (κ1) is 7.14. The second-order valence-corrected chi connectivity index (χ2v) is 3.97. The summed E-state index contributed by atoms with van der Waals surface area (Å²) in [5, 5.41) is 0. The fraction of sp³-hybridized carbons (Fsp3) is 0.100. The molecule has 0 atom stereocenters. The van der Waals surface area contributed by atoms with Crippen LogP contribution < -0.4 is 0 Å². The maximum Gasteiger partial charge on any atom is 0.00389 e. The molecule has 11 heavy (non-hydrogen) atoms. The molecule has 0 aromatic carbocycles. The monoisotopic (exact) mass is 254 g/mol. The summed E-state index contributed by atoms with van der Waals surface area (Å²) < 4.78 is 1.40. The van der Waals surface area contributed by atoms with Crippen molar-refractivity contribution in [1.29, 1.82) is 0 Å². The molecule has 0 spiro atoms. The number of halogens is 1. The van der Waals surface area contributed by atoms with E-state index in [1.165, 1.54) is 14.7 Å². The average molecular weight is 254 g/mol. The molecule has 0 nitrogen and oxygen atoms in total. The molecule has 0 bridgehead atoms. The second-order valence-electron chi connectivity index (χ2n) is 2.58. The zero-order valence-electron chi connectivity index (χ0n) is 5.97. The number of allylic oxidation sites excluding steroid dienone is 7. The summed E-state index contributed by atoms with van der Waals surface area (Å²) in [5.41, 5.74) is 5.80. The molecular weight excluding hydrogens is 247 g/mol. The van der Waals surface area contributed by atoms with Gasteiger partial charge in [-0.05, 0) is 49.5 Å². The van der Waals surface area contributed by atoms with Gasteiger partial charge in [0, 0.05) is 6.42 Å². The Labute approximate surface area is 79.8 Å². The van der Waals surface area contributed by atoms with Gasteiger partial charge in [0.25, 0.3) is 0 Å². The van der Waals surface area contributed by atoms with Gasteiger partial charge in [0.1, 0.15) is 0 Å². The van der Waals surface area contributed by atoms with Gasteiger partial charge in [0.15, 0.2) is 0 Å². The highest BCUT2D eigenvalue weighted by Crippen LogP contribution is 2.29. The number of rotatable bonds is 0. The summed E-state index contributed by atoms with van der Waals surface area (Å²) in [5.74, 6) is 0. The van der Waals surface area contributed by atoms with E-state index < -0.39 is 0 Å². The molecule has 0 aromatic heterocycles. The molecule has 0 fully saturated rings. The Balaban J connectivity index is 2.47. The molecular formula is C10H7I. The van der Waals surface area contributed by atoms with Crippen LogP contribution in [0.2, 0.25) is 0 Å². The smallest absolute Gasteiger partial charge is 0.00389 e. The van der Waals surface area contributed by atoms with Crippen molar-refractivity contribution in [2.24, 2.45) is 0 Å². The molecule has 54 valence electrons. The summed E-state index contributed by atoms with van der Waals surface area (Å²) >= 11 is 2.37. The second kappa shape index (κ2) is 2.84. The third kappa shape index (κ3) is 1.39. The Hall–Kier alpha value is -0.530. The predicted molar refractivity (Wildman–Crippen MR) is 55.5 cm³/mol. The summed E-state index contributed by atoms with van der Waals surface area (Å²) in [6.07, 6.45) is 11.5. The van der Waals surface area contributed by atoms with Gasteiger partial charge in [-0.25, -0.2) is 0 Å². The molecule has 0 aromatic rings. The van der Waals surface area contributed by atoms with E-state index in [0.29, 0.717) is 0 Å². The van der Waals surface area contributed by atoms with E-state index in [-0.39, 0.29) is 0 Å². The normalized spacial score (nSPS) is 20.3. The van der Waals surface area contributed by atoms with Crippen LogP contribution >= 0.6 is 22.6 Å². The van der Waals surface area contributed by atoms with E-state index in [9.17, 15) is 0 Å². The van der Waals surface area contributed by atoms with Gasteiger partial charge in [0.2, 0.25) is 0 Å². The molecule has 0 N–H and O–H groups in total. The fourth-order valence-electron chi connectivity index (χ4n) is 1.21. The maximum absolute atomic E-state index is 3.07. The Morgan fingerprint density at radius 3 is 3.09 bits per heavy atom. The van der Waals surface area contributed by atoms with Crippen LogP contribution in [0.4, 0.5) is 0 Å². The minimum Gasteiger partial charge on any atom is -0.120 e.